The van der Waals surface area contributed by atoms with Gasteiger partial charge >= 0.3 is 0 Å². The molecule has 1 unspecified atom stereocenters. The molecule has 0 bridgehead atoms. The first-order valence-electron chi connectivity index (χ1n) is 10.0. The number of benzene rings is 1. The van der Waals surface area contributed by atoms with Gasteiger partial charge in [-0.05, 0) is 17.7 Å². The summed E-state index contributed by atoms with van der Waals surface area (Å²) in [6, 6.07) is 9.75. The maximum absolute atomic E-state index is 13.0. The number of imidazole rings is 1. The summed E-state index contributed by atoms with van der Waals surface area (Å²) >= 11 is 0. The third kappa shape index (κ3) is 4.05. The highest BCUT2D eigenvalue weighted by Crippen LogP contribution is 2.39. The van der Waals surface area contributed by atoms with E-state index in [0.717, 1.165) is 5.56 Å². The van der Waals surface area contributed by atoms with Crippen LogP contribution in [0, 0.1) is 0 Å². The lowest BCUT2D eigenvalue weighted by Crippen LogP contribution is -2.36. The number of aromatic amines is 2. The first-order valence-corrected chi connectivity index (χ1v) is 10.0. The molecule has 1 saturated heterocycles. The molecule has 1 atom stereocenters. The standard InChI is InChI=1S/C23H22N4O4/c1-31-18-5-2-4-17(14-18)21(28)19-20(16-6-8-24-9-7-16)27(23(30)22(19)29)12-3-11-26-13-10-25-15-26/h2,4-10,13-15,20H,3,11-12H2,1H3,(H,28,29)/p+2. The molecular weight excluding hydrogens is 396 g/mol. The second-order valence-electron chi connectivity index (χ2n) is 7.26. The Labute approximate surface area is 179 Å². The molecule has 8 heteroatoms. The molecule has 1 fully saturated rings. The van der Waals surface area contributed by atoms with Crippen LogP contribution in [0.2, 0.25) is 0 Å². The first-order chi connectivity index (χ1) is 15.1. The van der Waals surface area contributed by atoms with Crippen molar-refractivity contribution in [3.63, 3.8) is 0 Å². The van der Waals surface area contributed by atoms with Crippen molar-refractivity contribution >= 4 is 17.4 Å². The number of rotatable bonds is 7. The maximum atomic E-state index is 13.0. The minimum Gasteiger partial charge on any atom is -0.507 e. The lowest BCUT2D eigenvalue weighted by atomic mass is 9.96. The van der Waals surface area contributed by atoms with Crippen LogP contribution in [0.5, 0.6) is 5.75 Å². The van der Waals surface area contributed by atoms with Crippen LogP contribution in [0.3, 0.4) is 0 Å². The Morgan fingerprint density at radius 2 is 2.06 bits per heavy atom. The Kier molecular flexibility index (Phi) is 5.79. The molecule has 3 aromatic rings. The van der Waals surface area contributed by atoms with Crippen molar-refractivity contribution in [2.75, 3.05) is 13.7 Å². The fraction of sp³-hybridized carbons (Fsp3) is 0.217. The summed E-state index contributed by atoms with van der Waals surface area (Å²) in [5.74, 6) is -0.959. The average molecular weight is 420 g/mol. The summed E-state index contributed by atoms with van der Waals surface area (Å²) in [6.07, 6.45) is 9.68. The largest absolute Gasteiger partial charge is 0.507 e. The van der Waals surface area contributed by atoms with Gasteiger partial charge in [-0.15, -0.1) is 0 Å². The van der Waals surface area contributed by atoms with Crippen LogP contribution in [0.4, 0.5) is 0 Å². The number of carbonyl (C=O) groups excluding carboxylic acids is 2. The SMILES string of the molecule is COc1cccc(C(O)=C2C(=O)C(=O)N(CCC[n+]3cc[nH]c3)C2c2cc[nH+]cc2)c1. The van der Waals surface area contributed by atoms with E-state index in [-0.39, 0.29) is 11.3 Å². The number of likely N-dealkylation sites (tertiary alicyclic amines) is 1. The number of aromatic nitrogens is 3. The molecule has 31 heavy (non-hydrogen) atoms. The molecule has 0 radical (unpaired) electrons. The van der Waals surface area contributed by atoms with Gasteiger partial charge < -0.3 is 14.7 Å². The number of aliphatic hydroxyl groups is 1. The molecule has 1 aliphatic heterocycles. The number of hydrogen-bond acceptors (Lipinski definition) is 4. The zero-order valence-electron chi connectivity index (χ0n) is 17.1. The molecular formula is C23H24N4O4+2. The molecule has 0 aliphatic carbocycles. The van der Waals surface area contributed by atoms with Gasteiger partial charge in [-0.25, -0.2) is 9.55 Å². The molecule has 1 aromatic carbocycles. The predicted octanol–water partition coefficient (Wildman–Crippen LogP) is 1.64. The quantitative estimate of drug-likeness (QED) is 0.263. The summed E-state index contributed by atoms with van der Waals surface area (Å²) in [5.41, 5.74) is 1.25. The average Bonchev–Trinajstić information content (AvgIpc) is 3.41. The molecule has 158 valence electrons. The topological polar surface area (TPSA) is 101 Å². The van der Waals surface area contributed by atoms with Gasteiger partial charge in [0.25, 0.3) is 11.7 Å². The van der Waals surface area contributed by atoms with Gasteiger partial charge in [-0.2, -0.15) is 0 Å². The molecule has 2 aromatic heterocycles. The highest BCUT2D eigenvalue weighted by Gasteiger charge is 2.46. The lowest BCUT2D eigenvalue weighted by Gasteiger charge is -2.24. The Morgan fingerprint density at radius 3 is 2.77 bits per heavy atom. The summed E-state index contributed by atoms with van der Waals surface area (Å²) in [7, 11) is 1.53. The van der Waals surface area contributed by atoms with Crippen molar-refractivity contribution in [2.24, 2.45) is 0 Å². The Balaban J connectivity index is 1.72. The number of H-pyrrole nitrogens is 2. The Bertz CT molecular complexity index is 1110. The van der Waals surface area contributed by atoms with Crippen LogP contribution >= 0.6 is 0 Å². The highest BCUT2D eigenvalue weighted by atomic mass is 16.5. The number of amides is 1. The normalized spacial score (nSPS) is 17.8. The second kappa shape index (κ2) is 8.83. The summed E-state index contributed by atoms with van der Waals surface area (Å²) in [5, 5.41) is 11.1. The van der Waals surface area contributed by atoms with E-state index in [2.05, 4.69) is 9.97 Å². The number of aryl methyl sites for hydroxylation is 1. The third-order valence-electron chi connectivity index (χ3n) is 5.36. The monoisotopic (exact) mass is 420 g/mol. The third-order valence-corrected chi connectivity index (χ3v) is 5.36. The zero-order chi connectivity index (χ0) is 21.8. The number of hydrogen-bond donors (Lipinski definition) is 2. The van der Waals surface area contributed by atoms with Crippen LogP contribution in [0.1, 0.15) is 23.6 Å². The number of Topliss-reactive ketones (excluding diaryl/α,β-unsaturated/α-hetero) is 1. The minimum atomic E-state index is -0.688. The fourth-order valence-electron chi connectivity index (χ4n) is 3.85. The van der Waals surface area contributed by atoms with Gasteiger partial charge in [-0.1, -0.05) is 12.1 Å². The number of ketones is 1. The van der Waals surface area contributed by atoms with Gasteiger partial charge in [0.2, 0.25) is 6.33 Å². The number of nitrogens with one attached hydrogen (secondary N) is 2. The van der Waals surface area contributed by atoms with E-state index in [1.54, 1.807) is 36.7 Å². The number of aliphatic hydroxyl groups excluding tert-OH is 1. The van der Waals surface area contributed by atoms with Crippen LogP contribution in [0.15, 0.2) is 73.1 Å². The van der Waals surface area contributed by atoms with E-state index >= 15 is 0 Å². The van der Waals surface area contributed by atoms with Crippen molar-refractivity contribution in [3.8, 4) is 5.75 Å². The van der Waals surface area contributed by atoms with Gasteiger partial charge in [0.1, 0.15) is 23.9 Å². The second-order valence-corrected chi connectivity index (χ2v) is 7.26. The van der Waals surface area contributed by atoms with E-state index in [9.17, 15) is 14.7 Å². The minimum absolute atomic E-state index is 0.0822. The van der Waals surface area contributed by atoms with Crippen LogP contribution in [0.25, 0.3) is 5.76 Å². The summed E-state index contributed by atoms with van der Waals surface area (Å²) in [4.78, 5) is 33.4. The number of ether oxygens (including phenoxy) is 1. The van der Waals surface area contributed by atoms with Gasteiger partial charge in [0.15, 0.2) is 12.4 Å². The zero-order valence-corrected chi connectivity index (χ0v) is 17.1. The van der Waals surface area contributed by atoms with Crippen LogP contribution in [-0.4, -0.2) is 40.3 Å². The van der Waals surface area contributed by atoms with Gasteiger partial charge in [0, 0.05) is 30.7 Å². The molecule has 0 spiro atoms. The number of nitrogens with zero attached hydrogens (tertiary/aromatic N) is 2. The van der Waals surface area contributed by atoms with Gasteiger partial charge in [-0.3, -0.25) is 14.6 Å². The highest BCUT2D eigenvalue weighted by molar-refractivity contribution is 6.46. The predicted molar refractivity (Wildman–Crippen MR) is 111 cm³/mol. The van der Waals surface area contributed by atoms with E-state index in [1.807, 2.05) is 35.4 Å². The number of pyridine rings is 1. The van der Waals surface area contributed by atoms with Crippen molar-refractivity contribution < 1.29 is 29.0 Å². The van der Waals surface area contributed by atoms with Crippen LogP contribution in [-0.2, 0) is 16.1 Å². The fourth-order valence-corrected chi connectivity index (χ4v) is 3.85. The summed E-state index contributed by atoms with van der Waals surface area (Å²) < 4.78 is 7.20. The number of methoxy groups -OCH3 is 1. The van der Waals surface area contributed by atoms with E-state index in [1.165, 1.54) is 12.0 Å². The molecule has 4 rings (SSSR count). The van der Waals surface area contributed by atoms with Crippen molar-refractivity contribution in [1.82, 2.24) is 9.88 Å². The van der Waals surface area contributed by atoms with Crippen molar-refractivity contribution in [1.29, 1.82) is 0 Å². The molecule has 3 heterocycles. The molecule has 8 nitrogen and oxygen atoms in total. The smallest absolute Gasteiger partial charge is 0.295 e. The molecule has 1 amide bonds. The van der Waals surface area contributed by atoms with Crippen molar-refractivity contribution in [3.05, 3.63) is 84.2 Å². The maximum Gasteiger partial charge on any atom is 0.295 e. The summed E-state index contributed by atoms with van der Waals surface area (Å²) in [6.45, 7) is 1.07. The lowest BCUT2D eigenvalue weighted by molar-refractivity contribution is -0.695. The van der Waals surface area contributed by atoms with E-state index < -0.39 is 17.7 Å². The van der Waals surface area contributed by atoms with Crippen LogP contribution < -0.4 is 14.3 Å². The molecule has 1 aliphatic rings. The van der Waals surface area contributed by atoms with Gasteiger partial charge in [0.05, 0.1) is 25.3 Å². The molecule has 0 saturated carbocycles. The number of carbonyl (C=O) groups is 2. The first kappa shape index (κ1) is 20.3. The Morgan fingerprint density at radius 1 is 1.26 bits per heavy atom. The van der Waals surface area contributed by atoms with E-state index in [4.69, 9.17) is 4.74 Å². The Hall–Kier alpha value is -3.94. The van der Waals surface area contributed by atoms with Crippen molar-refractivity contribution in [2.45, 2.75) is 19.0 Å². The molecule has 3 N–H and O–H groups in total. The van der Waals surface area contributed by atoms with E-state index in [0.29, 0.717) is 30.8 Å².